The summed E-state index contributed by atoms with van der Waals surface area (Å²) in [6, 6.07) is 7.24. The van der Waals surface area contributed by atoms with E-state index in [1.165, 1.54) is 29.5 Å². The maximum Gasteiger partial charge on any atom is 0.330 e. The van der Waals surface area contributed by atoms with Crippen LogP contribution in [0.2, 0.25) is 0 Å². The number of allylic oxidation sites excluding steroid dienone is 3. The number of esters is 1. The summed E-state index contributed by atoms with van der Waals surface area (Å²) < 4.78 is 10.9. The molecule has 0 amide bonds. The van der Waals surface area contributed by atoms with Crippen LogP contribution in [0.4, 0.5) is 0 Å². The van der Waals surface area contributed by atoms with E-state index in [-0.39, 0.29) is 22.2 Å². The van der Waals surface area contributed by atoms with Crippen molar-refractivity contribution in [2.75, 3.05) is 19.8 Å². The molecule has 0 radical (unpaired) electrons. The number of rotatable bonds is 8. The highest BCUT2D eigenvalue weighted by molar-refractivity contribution is 5.83. The van der Waals surface area contributed by atoms with Crippen molar-refractivity contribution in [2.45, 2.75) is 84.5 Å². The first kappa shape index (κ1) is 24.8. The molecule has 3 atom stereocenters. The molecule has 0 aliphatic heterocycles. The lowest BCUT2D eigenvalue weighted by Crippen LogP contribution is -2.34. The number of hydrogen-bond acceptors (Lipinski definition) is 3. The summed E-state index contributed by atoms with van der Waals surface area (Å²) in [5.74, 6) is 0.544. The maximum absolute atomic E-state index is 11.8. The Morgan fingerprint density at radius 3 is 2.31 bits per heavy atom. The lowest BCUT2D eigenvalue weighted by molar-refractivity contribution is -0.137. The van der Waals surface area contributed by atoms with E-state index in [1.807, 2.05) is 13.8 Å². The summed E-state index contributed by atoms with van der Waals surface area (Å²) in [7, 11) is 0. The van der Waals surface area contributed by atoms with Gasteiger partial charge in [-0.1, -0.05) is 65.0 Å². The zero-order valence-electron chi connectivity index (χ0n) is 21.4. The van der Waals surface area contributed by atoms with Gasteiger partial charge < -0.3 is 9.47 Å². The smallest absolute Gasteiger partial charge is 0.330 e. The van der Waals surface area contributed by atoms with Gasteiger partial charge in [0.1, 0.15) is 0 Å². The molecule has 1 aromatic carbocycles. The summed E-state index contributed by atoms with van der Waals surface area (Å²) in [6.07, 6.45) is 8.35. The van der Waals surface area contributed by atoms with Gasteiger partial charge in [-0.15, -0.1) is 0 Å². The molecule has 1 fully saturated rings. The van der Waals surface area contributed by atoms with Crippen molar-refractivity contribution >= 4 is 5.97 Å². The highest BCUT2D eigenvalue weighted by atomic mass is 16.5. The number of carbonyl (C=O) groups excluding carboxylic acids is 1. The zero-order chi connectivity index (χ0) is 23.7. The molecule has 1 aromatic rings. The van der Waals surface area contributed by atoms with Crippen molar-refractivity contribution in [3.05, 3.63) is 58.7 Å². The molecule has 3 heteroatoms. The van der Waals surface area contributed by atoms with Crippen LogP contribution >= 0.6 is 0 Å². The van der Waals surface area contributed by atoms with Crippen molar-refractivity contribution in [1.82, 2.24) is 0 Å². The van der Waals surface area contributed by atoms with E-state index < -0.39 is 0 Å². The largest absolute Gasteiger partial charge is 0.463 e. The van der Waals surface area contributed by atoms with Crippen molar-refractivity contribution < 1.29 is 14.3 Å². The Kier molecular flexibility index (Phi) is 7.10. The molecule has 0 aromatic heterocycles. The summed E-state index contributed by atoms with van der Waals surface area (Å²) in [5, 5.41) is 0. The average Bonchev–Trinajstić information content (AvgIpc) is 3.32. The Labute approximate surface area is 195 Å². The molecule has 0 saturated heterocycles. The highest BCUT2D eigenvalue weighted by Gasteiger charge is 2.60. The third-order valence-corrected chi connectivity index (χ3v) is 7.96. The molecule has 176 valence electrons. The minimum Gasteiger partial charge on any atom is -0.463 e. The first-order chi connectivity index (χ1) is 15.0. The topological polar surface area (TPSA) is 35.5 Å². The Morgan fingerprint density at radius 1 is 1.03 bits per heavy atom. The lowest BCUT2D eigenvalue weighted by Gasteiger charge is -2.42. The first-order valence-corrected chi connectivity index (χ1v) is 12.2. The van der Waals surface area contributed by atoms with Crippen molar-refractivity contribution in [3.63, 3.8) is 0 Å². The van der Waals surface area contributed by atoms with Gasteiger partial charge in [-0.3, -0.25) is 0 Å². The summed E-state index contributed by atoms with van der Waals surface area (Å²) >= 11 is 0. The van der Waals surface area contributed by atoms with Crippen molar-refractivity contribution in [1.29, 1.82) is 0 Å². The molecule has 2 aliphatic rings. The summed E-state index contributed by atoms with van der Waals surface area (Å²) in [6.45, 7) is 19.6. The number of hydrogen-bond donors (Lipinski definition) is 0. The van der Waals surface area contributed by atoms with Gasteiger partial charge in [0.25, 0.3) is 0 Å². The second-order valence-corrected chi connectivity index (χ2v) is 11.1. The third kappa shape index (κ3) is 4.73. The molecule has 0 spiro atoms. The van der Waals surface area contributed by atoms with Crippen molar-refractivity contribution in [3.8, 4) is 0 Å². The SMILES string of the molecule is CCOC[C@H]1[C@H](/C=C/C(C)=C/C(=O)OCC)[C@@]1(C)c1ccc2c(c1)C(C)(C)CCC2(C)C. The van der Waals surface area contributed by atoms with Crippen LogP contribution in [0.3, 0.4) is 0 Å². The van der Waals surface area contributed by atoms with Gasteiger partial charge in [0, 0.05) is 18.1 Å². The molecule has 1 saturated carbocycles. The fourth-order valence-corrected chi connectivity index (χ4v) is 5.50. The number of ether oxygens (including phenoxy) is 2. The van der Waals surface area contributed by atoms with Gasteiger partial charge in [-0.25, -0.2) is 4.79 Å². The number of fused-ring (bicyclic) bond motifs is 1. The predicted molar refractivity (Wildman–Crippen MR) is 132 cm³/mol. The molecule has 0 heterocycles. The van der Waals surface area contributed by atoms with Gasteiger partial charge in [-0.05, 0) is 78.5 Å². The molecule has 3 rings (SSSR count). The first-order valence-electron chi connectivity index (χ1n) is 12.2. The van der Waals surface area contributed by atoms with E-state index in [1.54, 1.807) is 6.08 Å². The molecule has 0 unspecified atom stereocenters. The normalized spacial score (nSPS) is 28.4. The van der Waals surface area contributed by atoms with Gasteiger partial charge in [0.15, 0.2) is 0 Å². The van der Waals surface area contributed by atoms with Crippen molar-refractivity contribution in [2.24, 2.45) is 11.8 Å². The van der Waals surface area contributed by atoms with E-state index in [4.69, 9.17) is 9.47 Å². The molecular weight excluding hydrogens is 396 g/mol. The second-order valence-electron chi connectivity index (χ2n) is 11.1. The Bertz CT molecular complexity index is 905. The van der Waals surface area contributed by atoms with Gasteiger partial charge in [0.05, 0.1) is 13.2 Å². The van der Waals surface area contributed by atoms with Gasteiger partial charge in [-0.2, -0.15) is 0 Å². The maximum atomic E-state index is 11.8. The molecular formula is C29H42O3. The Balaban J connectivity index is 1.92. The summed E-state index contributed by atoms with van der Waals surface area (Å²) in [5.41, 5.74) is 5.81. The fourth-order valence-electron chi connectivity index (χ4n) is 5.50. The standard InChI is InChI=1S/C29H42O3/c1-9-31-19-25-23(13-11-20(3)17-26(30)32-10-2)29(25,8)21-12-14-22-24(18-21)28(6,7)16-15-27(22,4)5/h11-14,17-18,23,25H,9-10,15-16,19H2,1-8H3/b13-11+,20-17+/t23-,25-,29+/m0/s1. The fraction of sp³-hybridized carbons (Fsp3) is 0.621. The minimum absolute atomic E-state index is 0.0442. The monoisotopic (exact) mass is 438 g/mol. The van der Waals surface area contributed by atoms with Crippen LogP contribution in [0, 0.1) is 11.8 Å². The van der Waals surface area contributed by atoms with E-state index >= 15 is 0 Å². The van der Waals surface area contributed by atoms with Crippen LogP contribution in [0.5, 0.6) is 0 Å². The molecule has 32 heavy (non-hydrogen) atoms. The molecule has 3 nitrogen and oxygen atoms in total. The number of carbonyl (C=O) groups is 1. The van der Waals surface area contributed by atoms with Gasteiger partial charge >= 0.3 is 5.97 Å². The lowest BCUT2D eigenvalue weighted by atomic mass is 9.62. The predicted octanol–water partition coefficient (Wildman–Crippen LogP) is 6.64. The van der Waals surface area contributed by atoms with Crippen LogP contribution < -0.4 is 0 Å². The Hall–Kier alpha value is -1.87. The van der Waals surface area contributed by atoms with Crippen LogP contribution in [-0.2, 0) is 30.5 Å². The van der Waals surface area contributed by atoms with Crippen LogP contribution in [0.25, 0.3) is 0 Å². The molecule has 0 N–H and O–H groups in total. The quantitative estimate of drug-likeness (QED) is 0.259. The summed E-state index contributed by atoms with van der Waals surface area (Å²) in [4.78, 5) is 11.8. The highest BCUT2D eigenvalue weighted by Crippen LogP contribution is 2.61. The number of benzene rings is 1. The van der Waals surface area contributed by atoms with E-state index in [9.17, 15) is 4.79 Å². The van der Waals surface area contributed by atoms with Crippen LogP contribution in [-0.4, -0.2) is 25.8 Å². The van der Waals surface area contributed by atoms with E-state index in [0.717, 1.165) is 18.8 Å². The minimum atomic E-state index is -0.279. The molecule has 2 aliphatic carbocycles. The third-order valence-electron chi connectivity index (χ3n) is 7.96. The van der Waals surface area contributed by atoms with E-state index in [0.29, 0.717) is 18.4 Å². The van der Waals surface area contributed by atoms with Crippen LogP contribution in [0.1, 0.15) is 84.9 Å². The molecule has 0 bridgehead atoms. The van der Waals surface area contributed by atoms with Crippen LogP contribution in [0.15, 0.2) is 42.0 Å². The zero-order valence-corrected chi connectivity index (χ0v) is 21.4. The average molecular weight is 439 g/mol. The van der Waals surface area contributed by atoms with Gasteiger partial charge in [0.2, 0.25) is 0 Å². The Morgan fingerprint density at radius 2 is 1.69 bits per heavy atom. The second kappa shape index (κ2) is 9.17. The van der Waals surface area contributed by atoms with E-state index in [2.05, 4.69) is 71.9 Å².